The summed E-state index contributed by atoms with van der Waals surface area (Å²) in [5, 5.41) is 2.65. The molecule has 0 bridgehead atoms. The molecule has 2 aromatic rings. The van der Waals surface area contributed by atoms with Crippen molar-refractivity contribution >= 4 is 11.6 Å². The molecule has 0 spiro atoms. The minimum absolute atomic E-state index is 0.263. The summed E-state index contributed by atoms with van der Waals surface area (Å²) in [4.78, 5) is 12.2. The molecule has 4 nitrogen and oxygen atoms in total. The van der Waals surface area contributed by atoms with Crippen LogP contribution in [0.1, 0.15) is 20.3 Å². The van der Waals surface area contributed by atoms with Crippen LogP contribution in [0.5, 0.6) is 11.5 Å². The summed E-state index contributed by atoms with van der Waals surface area (Å²) in [6.07, 6.45) is -0.0620. The third-order valence-corrected chi connectivity index (χ3v) is 3.16. The molecule has 0 aliphatic rings. The van der Waals surface area contributed by atoms with E-state index >= 15 is 0 Å². The number of hydrogen-bond acceptors (Lipinski definition) is 3. The second-order valence-electron chi connectivity index (χ2n) is 5.19. The predicted octanol–water partition coefficient (Wildman–Crippen LogP) is 4.16. The van der Waals surface area contributed by atoms with Crippen molar-refractivity contribution in [3.8, 4) is 11.5 Å². The van der Waals surface area contributed by atoms with E-state index in [2.05, 4.69) is 5.32 Å². The summed E-state index contributed by atoms with van der Waals surface area (Å²) in [6, 6.07) is 9.26. The lowest BCUT2D eigenvalue weighted by Gasteiger charge is -2.17. The third kappa shape index (κ3) is 4.94. The van der Waals surface area contributed by atoms with E-state index in [0.29, 0.717) is 18.0 Å². The Hall–Kier alpha value is -2.63. The van der Waals surface area contributed by atoms with Crippen LogP contribution in [-0.2, 0) is 4.79 Å². The number of carbonyl (C=O) groups excluding carboxylic acids is 1. The van der Waals surface area contributed by atoms with Gasteiger partial charge in [0.1, 0.15) is 23.1 Å². The SMILES string of the molecule is CCCOc1cc(F)ccc1NC(=O)C(C)Oc1ccc(F)cc1. The molecule has 1 unspecified atom stereocenters. The van der Waals surface area contributed by atoms with Crippen LogP contribution in [0, 0.1) is 11.6 Å². The Balaban J connectivity index is 2.04. The molecule has 0 aromatic heterocycles. The maximum absolute atomic E-state index is 13.3. The summed E-state index contributed by atoms with van der Waals surface area (Å²) in [7, 11) is 0. The van der Waals surface area contributed by atoms with Crippen LogP contribution in [-0.4, -0.2) is 18.6 Å². The van der Waals surface area contributed by atoms with E-state index < -0.39 is 17.8 Å². The number of ether oxygens (including phenoxy) is 2. The number of anilines is 1. The number of carbonyl (C=O) groups is 1. The third-order valence-electron chi connectivity index (χ3n) is 3.16. The van der Waals surface area contributed by atoms with E-state index in [1.807, 2.05) is 6.92 Å². The van der Waals surface area contributed by atoms with Gasteiger partial charge in [-0.25, -0.2) is 8.78 Å². The van der Waals surface area contributed by atoms with E-state index in [-0.39, 0.29) is 11.6 Å². The van der Waals surface area contributed by atoms with Gasteiger partial charge in [0.25, 0.3) is 5.91 Å². The minimum atomic E-state index is -0.820. The summed E-state index contributed by atoms with van der Waals surface area (Å²) < 4.78 is 37.1. The average molecular weight is 335 g/mol. The van der Waals surface area contributed by atoms with E-state index in [1.54, 1.807) is 6.92 Å². The monoisotopic (exact) mass is 335 g/mol. The number of amides is 1. The maximum Gasteiger partial charge on any atom is 0.265 e. The molecule has 0 heterocycles. The first kappa shape index (κ1) is 17.7. The van der Waals surface area contributed by atoms with Gasteiger partial charge in [0.05, 0.1) is 12.3 Å². The lowest BCUT2D eigenvalue weighted by Crippen LogP contribution is -2.30. The van der Waals surface area contributed by atoms with Crippen LogP contribution in [0.3, 0.4) is 0 Å². The Labute approximate surface area is 139 Å². The molecule has 0 radical (unpaired) electrons. The number of halogens is 2. The zero-order valence-corrected chi connectivity index (χ0v) is 13.5. The molecule has 2 rings (SSSR count). The van der Waals surface area contributed by atoms with E-state index in [4.69, 9.17) is 9.47 Å². The molecule has 0 aliphatic heterocycles. The van der Waals surface area contributed by atoms with Gasteiger partial charge in [-0.15, -0.1) is 0 Å². The summed E-state index contributed by atoms with van der Waals surface area (Å²) >= 11 is 0. The molecule has 0 aliphatic carbocycles. The van der Waals surface area contributed by atoms with Crippen molar-refractivity contribution in [1.82, 2.24) is 0 Å². The van der Waals surface area contributed by atoms with Crippen molar-refractivity contribution < 1.29 is 23.0 Å². The molecular formula is C18H19F2NO3. The maximum atomic E-state index is 13.3. The fourth-order valence-corrected chi connectivity index (χ4v) is 1.94. The highest BCUT2D eigenvalue weighted by Gasteiger charge is 2.17. The lowest BCUT2D eigenvalue weighted by molar-refractivity contribution is -0.122. The van der Waals surface area contributed by atoms with Crippen molar-refractivity contribution in [3.05, 3.63) is 54.1 Å². The van der Waals surface area contributed by atoms with Crippen LogP contribution < -0.4 is 14.8 Å². The molecule has 2 aromatic carbocycles. The van der Waals surface area contributed by atoms with Crippen LogP contribution >= 0.6 is 0 Å². The molecule has 1 atom stereocenters. The largest absolute Gasteiger partial charge is 0.491 e. The van der Waals surface area contributed by atoms with Gasteiger partial charge in [0.2, 0.25) is 0 Å². The van der Waals surface area contributed by atoms with Crippen LogP contribution in [0.4, 0.5) is 14.5 Å². The van der Waals surface area contributed by atoms with Crippen molar-refractivity contribution in [2.45, 2.75) is 26.4 Å². The fourth-order valence-electron chi connectivity index (χ4n) is 1.94. The zero-order valence-electron chi connectivity index (χ0n) is 13.5. The second-order valence-corrected chi connectivity index (χ2v) is 5.19. The molecule has 1 N–H and O–H groups in total. The van der Waals surface area contributed by atoms with Crippen LogP contribution in [0.2, 0.25) is 0 Å². The fraction of sp³-hybridized carbons (Fsp3) is 0.278. The van der Waals surface area contributed by atoms with E-state index in [9.17, 15) is 13.6 Å². The first-order valence-electron chi connectivity index (χ1n) is 7.65. The smallest absolute Gasteiger partial charge is 0.265 e. The van der Waals surface area contributed by atoms with Crippen LogP contribution in [0.25, 0.3) is 0 Å². The van der Waals surface area contributed by atoms with Gasteiger partial charge in [0, 0.05) is 6.07 Å². The van der Waals surface area contributed by atoms with E-state index in [1.165, 1.54) is 42.5 Å². The highest BCUT2D eigenvalue weighted by Crippen LogP contribution is 2.26. The quantitative estimate of drug-likeness (QED) is 0.826. The Morgan fingerprint density at radius 1 is 1.12 bits per heavy atom. The lowest BCUT2D eigenvalue weighted by atomic mass is 10.2. The van der Waals surface area contributed by atoms with Crippen molar-refractivity contribution in [2.75, 3.05) is 11.9 Å². The second kappa shape index (κ2) is 8.29. The summed E-state index contributed by atoms with van der Waals surface area (Å²) in [5.41, 5.74) is 0.365. The first-order valence-corrected chi connectivity index (χ1v) is 7.65. The normalized spacial score (nSPS) is 11.7. The van der Waals surface area contributed by atoms with Gasteiger partial charge >= 0.3 is 0 Å². The Kier molecular flexibility index (Phi) is 6.12. The van der Waals surface area contributed by atoms with E-state index in [0.717, 1.165) is 6.42 Å². The van der Waals surface area contributed by atoms with Crippen LogP contribution in [0.15, 0.2) is 42.5 Å². The zero-order chi connectivity index (χ0) is 17.5. The first-order chi connectivity index (χ1) is 11.5. The standard InChI is InChI=1S/C18H19F2NO3/c1-3-10-23-17-11-14(20)6-9-16(17)21-18(22)12(2)24-15-7-4-13(19)5-8-15/h4-9,11-12H,3,10H2,1-2H3,(H,21,22). The molecular weight excluding hydrogens is 316 g/mol. The molecule has 128 valence electrons. The van der Waals surface area contributed by atoms with Gasteiger partial charge in [-0.2, -0.15) is 0 Å². The number of nitrogens with one attached hydrogen (secondary N) is 1. The minimum Gasteiger partial charge on any atom is -0.491 e. The molecule has 0 saturated carbocycles. The van der Waals surface area contributed by atoms with Gasteiger partial charge < -0.3 is 14.8 Å². The van der Waals surface area contributed by atoms with Gasteiger partial charge in [-0.05, 0) is 49.7 Å². The number of rotatable bonds is 7. The number of benzene rings is 2. The highest BCUT2D eigenvalue weighted by molar-refractivity contribution is 5.95. The summed E-state index contributed by atoms with van der Waals surface area (Å²) in [6.45, 7) is 3.90. The Bertz CT molecular complexity index is 689. The topological polar surface area (TPSA) is 47.6 Å². The predicted molar refractivity (Wildman–Crippen MR) is 87.3 cm³/mol. The number of hydrogen-bond donors (Lipinski definition) is 1. The molecule has 6 heteroatoms. The van der Waals surface area contributed by atoms with Crippen molar-refractivity contribution in [2.24, 2.45) is 0 Å². The van der Waals surface area contributed by atoms with Crippen molar-refractivity contribution in [3.63, 3.8) is 0 Å². The Morgan fingerprint density at radius 3 is 2.46 bits per heavy atom. The molecule has 0 fully saturated rings. The molecule has 1 amide bonds. The molecule has 24 heavy (non-hydrogen) atoms. The summed E-state index contributed by atoms with van der Waals surface area (Å²) in [5.74, 6) is -0.620. The van der Waals surface area contributed by atoms with Gasteiger partial charge in [-0.3, -0.25) is 4.79 Å². The van der Waals surface area contributed by atoms with Gasteiger partial charge in [0.15, 0.2) is 6.10 Å². The van der Waals surface area contributed by atoms with Crippen molar-refractivity contribution in [1.29, 1.82) is 0 Å². The molecule has 0 saturated heterocycles. The van der Waals surface area contributed by atoms with Gasteiger partial charge in [-0.1, -0.05) is 6.92 Å². The Morgan fingerprint density at radius 2 is 1.79 bits per heavy atom. The average Bonchev–Trinajstić information content (AvgIpc) is 2.57. The highest BCUT2D eigenvalue weighted by atomic mass is 19.1.